The van der Waals surface area contributed by atoms with E-state index in [1.807, 2.05) is 44.2 Å². The standard InChI is InChI=1S/C21H19N3O2S/c1-13-4-8-17(9-5-13)19-15(3)27-21(23-19)24-20(25)14(2)26-18-10-6-16(12-22)7-11-18/h4-11,14H,1-3H3,(H,23,24,25). The molecule has 0 aliphatic carbocycles. The fourth-order valence-corrected chi connectivity index (χ4v) is 3.34. The van der Waals surface area contributed by atoms with E-state index in [0.29, 0.717) is 16.4 Å². The number of nitriles is 1. The van der Waals surface area contributed by atoms with Gasteiger partial charge in [-0.1, -0.05) is 29.8 Å². The van der Waals surface area contributed by atoms with E-state index in [-0.39, 0.29) is 5.91 Å². The highest BCUT2D eigenvalue weighted by Gasteiger charge is 2.18. The maximum Gasteiger partial charge on any atom is 0.266 e. The topological polar surface area (TPSA) is 75.0 Å². The van der Waals surface area contributed by atoms with Crippen LogP contribution in [0.3, 0.4) is 0 Å². The molecule has 0 bridgehead atoms. The molecule has 3 rings (SSSR count). The van der Waals surface area contributed by atoms with Crippen LogP contribution in [0.1, 0.15) is 22.9 Å². The Hall–Kier alpha value is -3.17. The molecule has 0 aliphatic rings. The van der Waals surface area contributed by atoms with E-state index in [1.54, 1.807) is 31.2 Å². The third kappa shape index (κ3) is 4.52. The van der Waals surface area contributed by atoms with Gasteiger partial charge in [-0.3, -0.25) is 10.1 Å². The van der Waals surface area contributed by atoms with Gasteiger partial charge >= 0.3 is 0 Å². The molecule has 1 heterocycles. The molecule has 0 spiro atoms. The van der Waals surface area contributed by atoms with Crippen molar-refractivity contribution in [2.75, 3.05) is 5.32 Å². The smallest absolute Gasteiger partial charge is 0.266 e. The molecule has 0 fully saturated rings. The summed E-state index contributed by atoms with van der Waals surface area (Å²) in [5.74, 6) is 0.260. The van der Waals surface area contributed by atoms with E-state index in [2.05, 4.69) is 10.3 Å². The number of aromatic nitrogens is 1. The summed E-state index contributed by atoms with van der Waals surface area (Å²) < 4.78 is 5.64. The van der Waals surface area contributed by atoms with Gasteiger partial charge in [0.15, 0.2) is 11.2 Å². The van der Waals surface area contributed by atoms with Crippen LogP contribution in [0.2, 0.25) is 0 Å². The maximum absolute atomic E-state index is 12.4. The number of carbonyl (C=O) groups is 1. The van der Waals surface area contributed by atoms with Crippen LogP contribution in [0.15, 0.2) is 48.5 Å². The number of hydrogen-bond acceptors (Lipinski definition) is 5. The van der Waals surface area contributed by atoms with Crippen molar-refractivity contribution in [2.45, 2.75) is 26.9 Å². The molecule has 1 amide bonds. The van der Waals surface area contributed by atoms with Gasteiger partial charge in [-0.25, -0.2) is 4.98 Å². The minimum absolute atomic E-state index is 0.274. The van der Waals surface area contributed by atoms with Crippen molar-refractivity contribution in [2.24, 2.45) is 0 Å². The number of nitrogens with one attached hydrogen (secondary N) is 1. The van der Waals surface area contributed by atoms with Crippen molar-refractivity contribution in [3.8, 4) is 23.1 Å². The Labute approximate surface area is 162 Å². The third-order valence-corrected chi connectivity index (χ3v) is 4.90. The summed E-state index contributed by atoms with van der Waals surface area (Å²) in [5, 5.41) is 12.2. The molecule has 1 N–H and O–H groups in total. The zero-order valence-corrected chi connectivity index (χ0v) is 16.1. The number of hydrogen-bond donors (Lipinski definition) is 1. The molecule has 0 radical (unpaired) electrons. The summed E-state index contributed by atoms with van der Waals surface area (Å²) in [6, 6.07) is 16.8. The quantitative estimate of drug-likeness (QED) is 0.699. The number of amides is 1. The van der Waals surface area contributed by atoms with E-state index in [0.717, 1.165) is 16.1 Å². The Morgan fingerprint density at radius 3 is 2.44 bits per heavy atom. The van der Waals surface area contributed by atoms with Crippen LogP contribution in [-0.2, 0) is 4.79 Å². The molecular formula is C21H19N3O2S. The molecular weight excluding hydrogens is 358 g/mol. The van der Waals surface area contributed by atoms with Gasteiger partial charge < -0.3 is 4.74 Å². The van der Waals surface area contributed by atoms with E-state index < -0.39 is 6.10 Å². The molecule has 6 heteroatoms. The summed E-state index contributed by atoms with van der Waals surface area (Å²) >= 11 is 1.44. The maximum atomic E-state index is 12.4. The molecule has 27 heavy (non-hydrogen) atoms. The average Bonchev–Trinajstić information content (AvgIpc) is 3.03. The van der Waals surface area contributed by atoms with Crippen molar-refractivity contribution in [3.05, 3.63) is 64.5 Å². The SMILES string of the molecule is Cc1ccc(-c2nc(NC(=O)C(C)Oc3ccc(C#N)cc3)sc2C)cc1. The monoisotopic (exact) mass is 377 g/mol. The van der Waals surface area contributed by atoms with E-state index in [9.17, 15) is 4.79 Å². The Morgan fingerprint density at radius 1 is 1.15 bits per heavy atom. The molecule has 1 atom stereocenters. The normalized spacial score (nSPS) is 11.5. The number of benzene rings is 2. The minimum atomic E-state index is -0.690. The summed E-state index contributed by atoms with van der Waals surface area (Å²) in [7, 11) is 0. The predicted octanol–water partition coefficient (Wildman–Crippen LogP) is 4.70. The first-order valence-electron chi connectivity index (χ1n) is 8.48. The first kappa shape index (κ1) is 18.6. The van der Waals surface area contributed by atoms with Gasteiger partial charge in [0.1, 0.15) is 5.75 Å². The van der Waals surface area contributed by atoms with Crippen LogP contribution < -0.4 is 10.1 Å². The lowest BCUT2D eigenvalue weighted by atomic mass is 10.1. The summed E-state index contributed by atoms with van der Waals surface area (Å²) in [5.41, 5.74) is 3.63. The first-order chi connectivity index (χ1) is 13.0. The fraction of sp³-hybridized carbons (Fsp3) is 0.190. The van der Waals surface area contributed by atoms with E-state index in [4.69, 9.17) is 10.00 Å². The number of rotatable bonds is 5. The van der Waals surface area contributed by atoms with Crippen molar-refractivity contribution >= 4 is 22.4 Å². The Kier molecular flexibility index (Phi) is 5.53. The lowest BCUT2D eigenvalue weighted by Gasteiger charge is -2.13. The highest BCUT2D eigenvalue weighted by molar-refractivity contribution is 7.16. The molecule has 0 saturated heterocycles. The molecule has 136 valence electrons. The summed E-state index contributed by atoms with van der Waals surface area (Å²) in [6.07, 6.45) is -0.690. The van der Waals surface area contributed by atoms with Crippen LogP contribution in [0.4, 0.5) is 5.13 Å². The van der Waals surface area contributed by atoms with Gasteiger partial charge in [0.25, 0.3) is 5.91 Å². The number of nitrogens with zero attached hydrogens (tertiary/aromatic N) is 2. The highest BCUT2D eigenvalue weighted by Crippen LogP contribution is 2.30. The number of anilines is 1. The molecule has 1 unspecified atom stereocenters. The van der Waals surface area contributed by atoms with Gasteiger partial charge in [-0.05, 0) is 45.0 Å². The Bertz CT molecular complexity index is 986. The average molecular weight is 377 g/mol. The highest BCUT2D eigenvalue weighted by atomic mass is 32.1. The second-order valence-corrected chi connectivity index (χ2v) is 7.38. The zero-order valence-electron chi connectivity index (χ0n) is 15.3. The van der Waals surface area contributed by atoms with Gasteiger partial charge in [0.2, 0.25) is 0 Å². The van der Waals surface area contributed by atoms with Crippen LogP contribution in [0.25, 0.3) is 11.3 Å². The summed E-state index contributed by atoms with van der Waals surface area (Å²) in [6.45, 7) is 5.70. The molecule has 1 aromatic heterocycles. The number of aryl methyl sites for hydroxylation is 2. The minimum Gasteiger partial charge on any atom is -0.481 e. The molecule has 2 aromatic carbocycles. The van der Waals surface area contributed by atoms with Crippen LogP contribution in [0, 0.1) is 25.2 Å². The Morgan fingerprint density at radius 2 is 1.81 bits per heavy atom. The number of ether oxygens (including phenoxy) is 1. The van der Waals surface area contributed by atoms with Crippen molar-refractivity contribution < 1.29 is 9.53 Å². The largest absolute Gasteiger partial charge is 0.481 e. The zero-order chi connectivity index (χ0) is 19.4. The third-order valence-electron chi connectivity index (χ3n) is 4.02. The van der Waals surface area contributed by atoms with Crippen LogP contribution in [0.5, 0.6) is 5.75 Å². The molecule has 5 nitrogen and oxygen atoms in total. The van der Waals surface area contributed by atoms with Gasteiger partial charge in [-0.15, -0.1) is 11.3 Å². The lowest BCUT2D eigenvalue weighted by molar-refractivity contribution is -0.122. The number of carbonyl (C=O) groups excluding carboxylic acids is 1. The second kappa shape index (κ2) is 8.02. The fourth-order valence-electron chi connectivity index (χ4n) is 2.50. The van der Waals surface area contributed by atoms with Gasteiger partial charge in [-0.2, -0.15) is 5.26 Å². The van der Waals surface area contributed by atoms with Crippen LogP contribution >= 0.6 is 11.3 Å². The van der Waals surface area contributed by atoms with Gasteiger partial charge in [0, 0.05) is 10.4 Å². The number of thiazole rings is 1. The van der Waals surface area contributed by atoms with Crippen molar-refractivity contribution in [1.82, 2.24) is 4.98 Å². The first-order valence-corrected chi connectivity index (χ1v) is 9.30. The van der Waals surface area contributed by atoms with Crippen LogP contribution in [-0.4, -0.2) is 17.0 Å². The molecule has 0 saturated carbocycles. The summed E-state index contributed by atoms with van der Waals surface area (Å²) in [4.78, 5) is 18.0. The molecule has 0 aliphatic heterocycles. The van der Waals surface area contributed by atoms with E-state index >= 15 is 0 Å². The molecule has 3 aromatic rings. The van der Waals surface area contributed by atoms with Crippen molar-refractivity contribution in [1.29, 1.82) is 5.26 Å². The lowest BCUT2D eigenvalue weighted by Crippen LogP contribution is -2.30. The predicted molar refractivity (Wildman–Crippen MR) is 107 cm³/mol. The van der Waals surface area contributed by atoms with Gasteiger partial charge in [0.05, 0.1) is 17.3 Å². The second-order valence-electron chi connectivity index (χ2n) is 6.18. The van der Waals surface area contributed by atoms with Crippen molar-refractivity contribution in [3.63, 3.8) is 0 Å². The van der Waals surface area contributed by atoms with E-state index in [1.165, 1.54) is 16.9 Å². The Balaban J connectivity index is 1.67.